The summed E-state index contributed by atoms with van der Waals surface area (Å²) in [7, 11) is 1.73. The minimum absolute atomic E-state index is 0.388. The fourth-order valence-electron chi connectivity index (χ4n) is 1.43. The Bertz CT molecular complexity index is 164. The molecule has 13 heavy (non-hydrogen) atoms. The molecule has 1 unspecified atom stereocenters. The molecule has 0 aromatic carbocycles. The Hall–Kier alpha value is -0.770. The first-order chi connectivity index (χ1) is 6.36. The van der Waals surface area contributed by atoms with Crippen LogP contribution in [0.25, 0.3) is 0 Å². The van der Waals surface area contributed by atoms with Crippen LogP contribution in [-0.2, 0) is 4.74 Å². The molecule has 0 spiro atoms. The third-order valence-corrected chi connectivity index (χ3v) is 2.02. The number of ether oxygens (including phenoxy) is 1. The molecular formula is C9H19N3O. The summed E-state index contributed by atoms with van der Waals surface area (Å²) < 4.78 is 5.12. The van der Waals surface area contributed by atoms with Crippen molar-refractivity contribution in [2.75, 3.05) is 26.8 Å². The van der Waals surface area contributed by atoms with Crippen LogP contribution in [0.2, 0.25) is 0 Å². The van der Waals surface area contributed by atoms with Gasteiger partial charge in [0.25, 0.3) is 0 Å². The molecule has 0 saturated carbocycles. The molecule has 1 aliphatic heterocycles. The molecule has 0 aromatic heterocycles. The Labute approximate surface area is 79.8 Å². The average Bonchev–Trinajstić information content (AvgIpc) is 2.58. The number of aliphatic imine (C=N–C) groups is 1. The molecule has 0 bridgehead atoms. The molecule has 2 N–H and O–H groups in total. The van der Waals surface area contributed by atoms with Crippen LogP contribution in [0.4, 0.5) is 0 Å². The Kier molecular flexibility index (Phi) is 4.60. The first-order valence-corrected chi connectivity index (χ1v) is 4.90. The summed E-state index contributed by atoms with van der Waals surface area (Å²) in [6.45, 7) is 4.76. The van der Waals surface area contributed by atoms with Crippen LogP contribution < -0.4 is 10.6 Å². The Balaban J connectivity index is 2.27. The molecule has 1 heterocycles. The normalized spacial score (nSPS) is 17.8. The van der Waals surface area contributed by atoms with Crippen molar-refractivity contribution in [3.8, 4) is 0 Å². The lowest BCUT2D eigenvalue weighted by Crippen LogP contribution is -2.43. The zero-order chi connectivity index (χ0) is 9.52. The second-order valence-corrected chi connectivity index (χ2v) is 3.24. The predicted octanol–water partition coefficient (Wildman–Crippen LogP) is 0.350. The van der Waals surface area contributed by atoms with E-state index in [0.717, 1.165) is 38.5 Å². The Morgan fingerprint density at radius 2 is 2.54 bits per heavy atom. The van der Waals surface area contributed by atoms with E-state index in [4.69, 9.17) is 4.74 Å². The van der Waals surface area contributed by atoms with Gasteiger partial charge in [0, 0.05) is 13.7 Å². The first kappa shape index (κ1) is 10.3. The van der Waals surface area contributed by atoms with Crippen LogP contribution in [0.15, 0.2) is 4.99 Å². The molecular weight excluding hydrogens is 166 g/mol. The van der Waals surface area contributed by atoms with Crippen molar-refractivity contribution < 1.29 is 4.74 Å². The fraction of sp³-hybridized carbons (Fsp3) is 0.889. The third-order valence-electron chi connectivity index (χ3n) is 2.02. The summed E-state index contributed by atoms with van der Waals surface area (Å²) in [4.78, 5) is 4.28. The maximum atomic E-state index is 5.12. The van der Waals surface area contributed by atoms with E-state index in [0.29, 0.717) is 6.04 Å². The quantitative estimate of drug-likeness (QED) is 0.649. The van der Waals surface area contributed by atoms with Crippen LogP contribution in [0.1, 0.15) is 19.8 Å². The van der Waals surface area contributed by atoms with Gasteiger partial charge < -0.3 is 15.4 Å². The zero-order valence-corrected chi connectivity index (χ0v) is 8.47. The van der Waals surface area contributed by atoms with Crippen LogP contribution in [-0.4, -0.2) is 38.8 Å². The van der Waals surface area contributed by atoms with Crippen molar-refractivity contribution in [1.29, 1.82) is 0 Å². The standard InChI is InChI=1S/C9H19N3O/c1-3-4-8(7-13-2)12-9-10-5-6-11-9/h8H,3-7H2,1-2H3,(H2,10,11,12). The monoisotopic (exact) mass is 185 g/mol. The second kappa shape index (κ2) is 5.80. The number of hydrogen-bond acceptors (Lipinski definition) is 4. The van der Waals surface area contributed by atoms with Gasteiger partial charge in [0.15, 0.2) is 5.96 Å². The van der Waals surface area contributed by atoms with Gasteiger partial charge in [-0.15, -0.1) is 0 Å². The van der Waals surface area contributed by atoms with Crippen LogP contribution in [0, 0.1) is 0 Å². The molecule has 1 aliphatic rings. The van der Waals surface area contributed by atoms with Crippen molar-refractivity contribution in [3.63, 3.8) is 0 Å². The Morgan fingerprint density at radius 1 is 1.69 bits per heavy atom. The zero-order valence-electron chi connectivity index (χ0n) is 8.47. The number of guanidine groups is 1. The largest absolute Gasteiger partial charge is 0.383 e. The highest BCUT2D eigenvalue weighted by Gasteiger charge is 2.11. The van der Waals surface area contributed by atoms with E-state index in [-0.39, 0.29) is 0 Å². The molecule has 4 nitrogen and oxygen atoms in total. The minimum atomic E-state index is 0.388. The van der Waals surface area contributed by atoms with Gasteiger partial charge in [-0.3, -0.25) is 4.99 Å². The molecule has 1 rings (SSSR count). The summed E-state index contributed by atoms with van der Waals surface area (Å²) in [6.07, 6.45) is 2.28. The van der Waals surface area contributed by atoms with E-state index in [9.17, 15) is 0 Å². The van der Waals surface area contributed by atoms with E-state index in [1.54, 1.807) is 7.11 Å². The highest BCUT2D eigenvalue weighted by atomic mass is 16.5. The van der Waals surface area contributed by atoms with Gasteiger partial charge in [-0.05, 0) is 6.42 Å². The van der Waals surface area contributed by atoms with Crippen molar-refractivity contribution in [2.45, 2.75) is 25.8 Å². The molecule has 76 valence electrons. The summed E-state index contributed by atoms with van der Waals surface area (Å²) in [5, 5.41) is 6.52. The van der Waals surface area contributed by atoms with Gasteiger partial charge in [0.05, 0.1) is 19.2 Å². The van der Waals surface area contributed by atoms with Crippen LogP contribution in [0.3, 0.4) is 0 Å². The number of rotatable bonds is 5. The fourth-order valence-corrected chi connectivity index (χ4v) is 1.43. The van der Waals surface area contributed by atoms with Crippen molar-refractivity contribution in [3.05, 3.63) is 0 Å². The maximum absolute atomic E-state index is 5.12. The molecule has 0 aromatic rings. The Morgan fingerprint density at radius 3 is 3.08 bits per heavy atom. The molecule has 0 radical (unpaired) electrons. The molecule has 0 amide bonds. The summed E-state index contributed by atoms with van der Waals surface area (Å²) in [6, 6.07) is 0.388. The average molecular weight is 185 g/mol. The van der Waals surface area contributed by atoms with E-state index in [1.165, 1.54) is 0 Å². The molecule has 0 aliphatic carbocycles. The van der Waals surface area contributed by atoms with Gasteiger partial charge in [-0.25, -0.2) is 0 Å². The number of hydrogen-bond donors (Lipinski definition) is 2. The highest BCUT2D eigenvalue weighted by Crippen LogP contribution is 1.97. The van der Waals surface area contributed by atoms with E-state index in [1.807, 2.05) is 0 Å². The maximum Gasteiger partial charge on any atom is 0.191 e. The lowest BCUT2D eigenvalue weighted by molar-refractivity contribution is 0.169. The summed E-state index contributed by atoms with van der Waals surface area (Å²) in [5.41, 5.74) is 0. The first-order valence-electron chi connectivity index (χ1n) is 4.90. The predicted molar refractivity (Wildman–Crippen MR) is 54.0 cm³/mol. The van der Waals surface area contributed by atoms with Crippen molar-refractivity contribution in [1.82, 2.24) is 10.6 Å². The van der Waals surface area contributed by atoms with Gasteiger partial charge >= 0.3 is 0 Å². The lowest BCUT2D eigenvalue weighted by atomic mass is 10.2. The summed E-state index contributed by atoms with van der Waals surface area (Å²) >= 11 is 0. The van der Waals surface area contributed by atoms with Gasteiger partial charge in [0.1, 0.15) is 0 Å². The second-order valence-electron chi connectivity index (χ2n) is 3.24. The lowest BCUT2D eigenvalue weighted by Gasteiger charge is -2.17. The number of nitrogens with zero attached hydrogens (tertiary/aromatic N) is 1. The third kappa shape index (κ3) is 3.63. The highest BCUT2D eigenvalue weighted by molar-refractivity contribution is 5.81. The SMILES string of the molecule is CCCC(COC)NC1=NCCN1. The van der Waals surface area contributed by atoms with Crippen LogP contribution >= 0.6 is 0 Å². The van der Waals surface area contributed by atoms with E-state index >= 15 is 0 Å². The smallest absolute Gasteiger partial charge is 0.191 e. The topological polar surface area (TPSA) is 45.6 Å². The van der Waals surface area contributed by atoms with Gasteiger partial charge in [-0.2, -0.15) is 0 Å². The molecule has 0 fully saturated rings. The van der Waals surface area contributed by atoms with E-state index in [2.05, 4.69) is 22.5 Å². The number of nitrogens with one attached hydrogen (secondary N) is 2. The molecule has 1 atom stereocenters. The van der Waals surface area contributed by atoms with E-state index < -0.39 is 0 Å². The van der Waals surface area contributed by atoms with Gasteiger partial charge in [0.2, 0.25) is 0 Å². The number of methoxy groups -OCH3 is 1. The molecule has 4 heteroatoms. The molecule has 0 saturated heterocycles. The van der Waals surface area contributed by atoms with Crippen LogP contribution in [0.5, 0.6) is 0 Å². The van der Waals surface area contributed by atoms with Gasteiger partial charge in [-0.1, -0.05) is 13.3 Å². The summed E-state index contributed by atoms with van der Waals surface area (Å²) in [5.74, 6) is 0.926. The van der Waals surface area contributed by atoms with Crippen molar-refractivity contribution >= 4 is 5.96 Å². The minimum Gasteiger partial charge on any atom is -0.383 e. The van der Waals surface area contributed by atoms with Crippen molar-refractivity contribution in [2.24, 2.45) is 4.99 Å².